The van der Waals surface area contributed by atoms with Crippen molar-refractivity contribution in [3.8, 4) is 23.6 Å². The fourth-order valence-electron chi connectivity index (χ4n) is 4.13. The van der Waals surface area contributed by atoms with Gasteiger partial charge < -0.3 is 24.0 Å². The van der Waals surface area contributed by atoms with Gasteiger partial charge in [0.05, 0.1) is 24.4 Å². The summed E-state index contributed by atoms with van der Waals surface area (Å²) in [5, 5.41) is 15.0. The van der Waals surface area contributed by atoms with E-state index in [0.717, 1.165) is 61.8 Å². The number of rotatable bonds is 13. The molecule has 0 spiro atoms. The topological polar surface area (TPSA) is 71.2 Å². The molecule has 2 aromatic rings. The maximum atomic E-state index is 10.6. The molecule has 1 aliphatic heterocycles. The quantitative estimate of drug-likeness (QED) is 0.378. The monoisotopic (exact) mass is 441 g/mol. The second-order valence-corrected chi connectivity index (χ2v) is 8.06. The van der Waals surface area contributed by atoms with Gasteiger partial charge in [-0.3, -0.25) is 4.90 Å². The lowest BCUT2D eigenvalue weighted by molar-refractivity contribution is 0.00958. The van der Waals surface area contributed by atoms with Crippen LogP contribution in [0.1, 0.15) is 32.3 Å². The zero-order valence-electron chi connectivity index (χ0n) is 19.2. The first-order valence-electron chi connectivity index (χ1n) is 11.5. The minimum absolute atomic E-state index is 0.158. The summed E-state index contributed by atoms with van der Waals surface area (Å²) in [6.45, 7) is 8.80. The van der Waals surface area contributed by atoms with Crippen LogP contribution in [0, 0.1) is 12.3 Å². The lowest BCUT2D eigenvalue weighted by Gasteiger charge is -2.28. The molecule has 0 amide bonds. The average molecular weight is 442 g/mol. The number of anilines is 1. The van der Waals surface area contributed by atoms with Crippen molar-refractivity contribution >= 4 is 5.88 Å². The standard InChI is InChI=1S/C25H35N3O4/c1-4-14-30-19-21(29)16-27(17-22-13-10-15-31-22)18-23-24(20-11-8-7-9-12-20)26-32-25(23)28(5-2)6-3/h1,7-9,11-12,21-22,29H,5-6,10,13-19H2,2-3H3/t21-,22+/m0/s1. The van der Waals surface area contributed by atoms with Gasteiger partial charge in [-0.05, 0) is 26.7 Å². The third-order valence-electron chi connectivity index (χ3n) is 5.70. The van der Waals surface area contributed by atoms with Crippen molar-refractivity contribution in [3.63, 3.8) is 0 Å². The van der Waals surface area contributed by atoms with Gasteiger partial charge in [0.1, 0.15) is 12.3 Å². The largest absolute Gasteiger partial charge is 0.389 e. The Kier molecular flexibility index (Phi) is 9.57. The van der Waals surface area contributed by atoms with Crippen LogP contribution in [0.25, 0.3) is 11.3 Å². The first-order valence-corrected chi connectivity index (χ1v) is 11.5. The summed E-state index contributed by atoms with van der Waals surface area (Å²) in [4.78, 5) is 4.39. The molecule has 7 heteroatoms. The first kappa shape index (κ1) is 24.3. The van der Waals surface area contributed by atoms with E-state index in [-0.39, 0.29) is 19.3 Å². The molecule has 1 aromatic carbocycles. The molecular weight excluding hydrogens is 406 g/mol. The summed E-state index contributed by atoms with van der Waals surface area (Å²) >= 11 is 0. The van der Waals surface area contributed by atoms with E-state index < -0.39 is 6.10 Å². The van der Waals surface area contributed by atoms with E-state index in [1.54, 1.807) is 0 Å². The number of aliphatic hydroxyl groups excluding tert-OH is 1. The maximum absolute atomic E-state index is 10.6. The smallest absolute Gasteiger partial charge is 0.232 e. The van der Waals surface area contributed by atoms with Gasteiger partial charge in [0.2, 0.25) is 5.88 Å². The third-order valence-corrected chi connectivity index (χ3v) is 5.70. The molecule has 1 aromatic heterocycles. The number of hydrogen-bond acceptors (Lipinski definition) is 7. The Morgan fingerprint density at radius 3 is 2.72 bits per heavy atom. The molecule has 0 bridgehead atoms. The number of ether oxygens (including phenoxy) is 2. The summed E-state index contributed by atoms with van der Waals surface area (Å²) in [6, 6.07) is 10.1. The summed E-state index contributed by atoms with van der Waals surface area (Å²) < 4.78 is 17.1. The van der Waals surface area contributed by atoms with Gasteiger partial charge in [-0.15, -0.1) is 6.42 Å². The minimum Gasteiger partial charge on any atom is -0.389 e. The maximum Gasteiger partial charge on any atom is 0.232 e. The van der Waals surface area contributed by atoms with Gasteiger partial charge in [-0.2, -0.15) is 0 Å². The van der Waals surface area contributed by atoms with Gasteiger partial charge in [0.15, 0.2) is 0 Å². The zero-order chi connectivity index (χ0) is 22.8. The Morgan fingerprint density at radius 2 is 2.06 bits per heavy atom. The van der Waals surface area contributed by atoms with E-state index in [2.05, 4.69) is 34.7 Å². The van der Waals surface area contributed by atoms with Gasteiger partial charge in [0, 0.05) is 44.9 Å². The number of nitrogens with zero attached hydrogens (tertiary/aromatic N) is 3. The lowest BCUT2D eigenvalue weighted by Crippen LogP contribution is -2.39. The highest BCUT2D eigenvalue weighted by Crippen LogP contribution is 2.32. The van der Waals surface area contributed by atoms with Crippen LogP contribution < -0.4 is 4.90 Å². The molecule has 1 fully saturated rings. The van der Waals surface area contributed by atoms with Gasteiger partial charge in [0.25, 0.3) is 0 Å². The molecular formula is C25H35N3O4. The average Bonchev–Trinajstić information content (AvgIpc) is 3.46. The number of terminal acetylenes is 1. The Balaban J connectivity index is 1.86. The van der Waals surface area contributed by atoms with Crippen molar-refractivity contribution in [3.05, 3.63) is 35.9 Å². The lowest BCUT2D eigenvalue weighted by atomic mass is 10.1. The summed E-state index contributed by atoms with van der Waals surface area (Å²) in [7, 11) is 0. The van der Waals surface area contributed by atoms with Crippen LogP contribution in [0.2, 0.25) is 0 Å². The first-order chi connectivity index (χ1) is 15.7. The van der Waals surface area contributed by atoms with Gasteiger partial charge in [-0.1, -0.05) is 41.4 Å². The molecule has 3 rings (SSSR count). The number of aliphatic hydroxyl groups is 1. The van der Waals surface area contributed by atoms with Crippen molar-refractivity contribution in [2.75, 3.05) is 50.9 Å². The molecule has 2 atom stereocenters. The Labute approximate surface area is 191 Å². The van der Waals surface area contributed by atoms with Crippen molar-refractivity contribution in [1.82, 2.24) is 10.1 Å². The van der Waals surface area contributed by atoms with Crippen molar-refractivity contribution < 1.29 is 19.1 Å². The second kappa shape index (κ2) is 12.6. The highest BCUT2D eigenvalue weighted by Gasteiger charge is 2.27. The highest BCUT2D eigenvalue weighted by atomic mass is 16.5. The van der Waals surface area contributed by atoms with E-state index in [9.17, 15) is 5.11 Å². The summed E-state index contributed by atoms with van der Waals surface area (Å²) in [6.07, 6.45) is 6.85. The van der Waals surface area contributed by atoms with Crippen molar-refractivity contribution in [2.24, 2.45) is 0 Å². The predicted molar refractivity (Wildman–Crippen MR) is 125 cm³/mol. The predicted octanol–water partition coefficient (Wildman–Crippen LogP) is 3.18. The van der Waals surface area contributed by atoms with Crippen LogP contribution in [0.5, 0.6) is 0 Å². The van der Waals surface area contributed by atoms with Crippen LogP contribution >= 0.6 is 0 Å². The Bertz CT molecular complexity index is 839. The Hall–Kier alpha value is -2.37. The van der Waals surface area contributed by atoms with Crippen molar-refractivity contribution in [1.29, 1.82) is 0 Å². The van der Waals surface area contributed by atoms with Gasteiger partial charge in [-0.25, -0.2) is 0 Å². The van der Waals surface area contributed by atoms with Crippen LogP contribution in [-0.4, -0.2) is 73.4 Å². The zero-order valence-corrected chi connectivity index (χ0v) is 19.2. The molecule has 7 nitrogen and oxygen atoms in total. The molecule has 2 heterocycles. The second-order valence-electron chi connectivity index (χ2n) is 8.06. The third kappa shape index (κ3) is 6.57. The molecule has 174 valence electrons. The molecule has 0 aliphatic carbocycles. The molecule has 32 heavy (non-hydrogen) atoms. The van der Waals surface area contributed by atoms with E-state index in [1.807, 2.05) is 30.3 Å². The molecule has 0 saturated carbocycles. The SMILES string of the molecule is C#CCOC[C@@H](O)CN(Cc1c(-c2ccccc2)noc1N(CC)CC)C[C@H]1CCCO1. The molecule has 1 saturated heterocycles. The van der Waals surface area contributed by atoms with Crippen LogP contribution in [0.3, 0.4) is 0 Å². The molecule has 0 unspecified atom stereocenters. The van der Waals surface area contributed by atoms with Crippen LogP contribution in [0.15, 0.2) is 34.9 Å². The normalized spacial score (nSPS) is 16.9. The fourth-order valence-corrected chi connectivity index (χ4v) is 4.13. The number of aromatic nitrogens is 1. The van der Waals surface area contributed by atoms with E-state index in [1.165, 1.54) is 0 Å². The van der Waals surface area contributed by atoms with Crippen LogP contribution in [-0.2, 0) is 16.0 Å². The fraction of sp³-hybridized carbons (Fsp3) is 0.560. The highest BCUT2D eigenvalue weighted by molar-refractivity contribution is 5.68. The Morgan fingerprint density at radius 1 is 1.28 bits per heavy atom. The molecule has 1 N–H and O–H groups in total. The summed E-state index contributed by atoms with van der Waals surface area (Å²) in [5.74, 6) is 3.22. The molecule has 1 aliphatic rings. The van der Waals surface area contributed by atoms with Crippen molar-refractivity contribution in [2.45, 2.75) is 45.4 Å². The van der Waals surface area contributed by atoms with E-state index in [0.29, 0.717) is 13.1 Å². The van der Waals surface area contributed by atoms with E-state index >= 15 is 0 Å². The number of benzene rings is 1. The van der Waals surface area contributed by atoms with E-state index in [4.69, 9.17) is 20.4 Å². The minimum atomic E-state index is -0.651. The number of hydrogen-bond donors (Lipinski definition) is 1. The van der Waals surface area contributed by atoms with Crippen LogP contribution in [0.4, 0.5) is 5.88 Å². The van der Waals surface area contributed by atoms with Gasteiger partial charge >= 0.3 is 0 Å². The molecule has 0 radical (unpaired) electrons. The summed E-state index contributed by atoms with van der Waals surface area (Å²) in [5.41, 5.74) is 2.87.